The van der Waals surface area contributed by atoms with E-state index in [1.165, 1.54) is 0 Å². The molecule has 1 fully saturated rings. The van der Waals surface area contributed by atoms with Crippen LogP contribution in [-0.2, 0) is 4.79 Å². The van der Waals surface area contributed by atoms with Crippen LogP contribution in [0.5, 0.6) is 0 Å². The lowest BCUT2D eigenvalue weighted by Crippen LogP contribution is -2.41. The minimum absolute atomic E-state index is 0.178. The first-order valence-corrected chi connectivity index (χ1v) is 5.20. The van der Waals surface area contributed by atoms with Crippen LogP contribution < -0.4 is 0 Å². The number of carbonyl (C=O) groups is 1. The molecule has 1 atom stereocenters. The number of likely N-dealkylation sites (tertiary alicyclic amines) is 1. The summed E-state index contributed by atoms with van der Waals surface area (Å²) in [6, 6.07) is 0. The number of hydrogen-bond donors (Lipinski definition) is 0. The number of amides is 1. The van der Waals surface area contributed by atoms with Crippen molar-refractivity contribution >= 4 is 17.5 Å². The van der Waals surface area contributed by atoms with Crippen LogP contribution in [0.25, 0.3) is 0 Å². The normalized spacial score (nSPS) is 23.4. The standard InChI is InChI=1S/C10H16ClNO/c1-8(6-11)7-12-5-3-4-9(2)10(12)13/h9H,1,3-7H2,2H3. The average Bonchev–Trinajstić information content (AvgIpc) is 2.13. The maximum atomic E-state index is 11.6. The van der Waals surface area contributed by atoms with E-state index in [1.54, 1.807) is 0 Å². The zero-order valence-corrected chi connectivity index (χ0v) is 8.81. The van der Waals surface area contributed by atoms with Crippen LogP contribution in [-0.4, -0.2) is 29.8 Å². The van der Waals surface area contributed by atoms with Crippen molar-refractivity contribution in [1.82, 2.24) is 4.90 Å². The molecule has 0 N–H and O–H groups in total. The zero-order chi connectivity index (χ0) is 9.84. The fourth-order valence-corrected chi connectivity index (χ4v) is 1.69. The maximum absolute atomic E-state index is 11.6. The summed E-state index contributed by atoms with van der Waals surface area (Å²) in [5, 5.41) is 0. The molecule has 3 heteroatoms. The third kappa shape index (κ3) is 2.73. The summed E-state index contributed by atoms with van der Waals surface area (Å²) in [4.78, 5) is 13.5. The molecule has 0 aromatic heterocycles. The lowest BCUT2D eigenvalue weighted by Gasteiger charge is -2.30. The van der Waals surface area contributed by atoms with Crippen molar-refractivity contribution in [3.8, 4) is 0 Å². The molecule has 0 bridgehead atoms. The molecular formula is C10H16ClNO. The van der Waals surface area contributed by atoms with Crippen LogP contribution in [0.2, 0.25) is 0 Å². The Balaban J connectivity index is 2.49. The number of carbonyl (C=O) groups excluding carboxylic acids is 1. The van der Waals surface area contributed by atoms with Crippen LogP contribution in [0.1, 0.15) is 19.8 Å². The van der Waals surface area contributed by atoms with Gasteiger partial charge >= 0.3 is 0 Å². The first kappa shape index (κ1) is 10.6. The van der Waals surface area contributed by atoms with Crippen LogP contribution in [0.3, 0.4) is 0 Å². The molecule has 1 saturated heterocycles. The molecule has 1 unspecified atom stereocenters. The molecule has 1 heterocycles. The first-order chi connectivity index (χ1) is 6.15. The number of alkyl halides is 1. The van der Waals surface area contributed by atoms with E-state index in [9.17, 15) is 4.79 Å². The summed E-state index contributed by atoms with van der Waals surface area (Å²) >= 11 is 5.62. The van der Waals surface area contributed by atoms with Gasteiger partial charge < -0.3 is 4.90 Å². The van der Waals surface area contributed by atoms with Crippen molar-refractivity contribution in [3.05, 3.63) is 12.2 Å². The zero-order valence-electron chi connectivity index (χ0n) is 8.05. The number of rotatable bonds is 3. The number of halogens is 1. The first-order valence-electron chi connectivity index (χ1n) is 4.66. The van der Waals surface area contributed by atoms with Crippen molar-refractivity contribution in [2.24, 2.45) is 5.92 Å². The maximum Gasteiger partial charge on any atom is 0.225 e. The molecule has 74 valence electrons. The highest BCUT2D eigenvalue weighted by atomic mass is 35.5. The summed E-state index contributed by atoms with van der Waals surface area (Å²) in [6.07, 6.45) is 2.12. The van der Waals surface area contributed by atoms with Crippen molar-refractivity contribution in [3.63, 3.8) is 0 Å². The number of piperidine rings is 1. The highest BCUT2D eigenvalue weighted by molar-refractivity contribution is 6.19. The van der Waals surface area contributed by atoms with E-state index in [4.69, 9.17) is 11.6 Å². The van der Waals surface area contributed by atoms with Gasteiger partial charge in [0.1, 0.15) is 0 Å². The van der Waals surface area contributed by atoms with Crippen LogP contribution in [0, 0.1) is 5.92 Å². The molecule has 0 aliphatic carbocycles. The van der Waals surface area contributed by atoms with E-state index in [1.807, 2.05) is 11.8 Å². The number of nitrogens with zero attached hydrogens (tertiary/aromatic N) is 1. The predicted octanol–water partition coefficient (Wildman–Crippen LogP) is 2.04. The minimum Gasteiger partial charge on any atom is -0.338 e. The summed E-state index contributed by atoms with van der Waals surface area (Å²) in [7, 11) is 0. The highest BCUT2D eigenvalue weighted by Crippen LogP contribution is 2.17. The Kier molecular flexibility index (Phi) is 3.79. The third-order valence-corrected chi connectivity index (χ3v) is 2.78. The summed E-state index contributed by atoms with van der Waals surface area (Å²) in [5.74, 6) is 0.868. The Morgan fingerprint density at radius 1 is 1.77 bits per heavy atom. The van der Waals surface area contributed by atoms with Gasteiger partial charge in [-0.05, 0) is 18.4 Å². The Bertz CT molecular complexity index is 215. The highest BCUT2D eigenvalue weighted by Gasteiger charge is 2.24. The Morgan fingerprint density at radius 3 is 3.08 bits per heavy atom. The van der Waals surface area contributed by atoms with E-state index < -0.39 is 0 Å². The van der Waals surface area contributed by atoms with Crippen molar-refractivity contribution in [2.45, 2.75) is 19.8 Å². The molecule has 1 rings (SSSR count). The minimum atomic E-state index is 0.178. The van der Waals surface area contributed by atoms with E-state index in [-0.39, 0.29) is 11.8 Å². The SMILES string of the molecule is C=C(CCl)CN1CCCC(C)C1=O. The molecule has 0 spiro atoms. The van der Waals surface area contributed by atoms with E-state index in [2.05, 4.69) is 6.58 Å². The van der Waals surface area contributed by atoms with Crippen LogP contribution in [0.4, 0.5) is 0 Å². The molecule has 1 aliphatic heterocycles. The van der Waals surface area contributed by atoms with Gasteiger partial charge in [0.05, 0.1) is 0 Å². The third-order valence-electron chi connectivity index (χ3n) is 2.40. The summed E-state index contributed by atoms with van der Waals surface area (Å²) < 4.78 is 0. The monoisotopic (exact) mass is 201 g/mol. The average molecular weight is 202 g/mol. The van der Waals surface area contributed by atoms with Crippen molar-refractivity contribution < 1.29 is 4.79 Å². The second-order valence-electron chi connectivity index (χ2n) is 3.69. The largest absolute Gasteiger partial charge is 0.338 e. The number of hydrogen-bond acceptors (Lipinski definition) is 1. The van der Waals surface area contributed by atoms with Gasteiger partial charge in [0.15, 0.2) is 0 Å². The van der Waals surface area contributed by atoms with Crippen LogP contribution >= 0.6 is 11.6 Å². The molecule has 0 radical (unpaired) electrons. The topological polar surface area (TPSA) is 20.3 Å². The molecule has 2 nitrogen and oxygen atoms in total. The van der Waals surface area contributed by atoms with Gasteiger partial charge in [-0.15, -0.1) is 11.6 Å². The Hall–Kier alpha value is -0.500. The smallest absolute Gasteiger partial charge is 0.225 e. The fourth-order valence-electron chi connectivity index (χ4n) is 1.60. The molecule has 0 saturated carbocycles. The second-order valence-corrected chi connectivity index (χ2v) is 3.95. The lowest BCUT2D eigenvalue weighted by atomic mass is 9.99. The molecule has 0 aromatic rings. The van der Waals surface area contributed by atoms with Gasteiger partial charge in [0.25, 0.3) is 0 Å². The van der Waals surface area contributed by atoms with Crippen molar-refractivity contribution in [1.29, 1.82) is 0 Å². The quantitative estimate of drug-likeness (QED) is 0.506. The van der Waals surface area contributed by atoms with Gasteiger partial charge in [-0.25, -0.2) is 0 Å². The van der Waals surface area contributed by atoms with E-state index in [0.29, 0.717) is 12.4 Å². The summed E-state index contributed by atoms with van der Waals surface area (Å²) in [5.41, 5.74) is 0.920. The predicted molar refractivity (Wildman–Crippen MR) is 54.8 cm³/mol. The molecule has 1 aliphatic rings. The summed E-state index contributed by atoms with van der Waals surface area (Å²) in [6.45, 7) is 7.28. The van der Waals surface area contributed by atoms with E-state index >= 15 is 0 Å². The van der Waals surface area contributed by atoms with Gasteiger partial charge in [-0.3, -0.25) is 4.79 Å². The lowest BCUT2D eigenvalue weighted by molar-refractivity contribution is -0.137. The molecule has 13 heavy (non-hydrogen) atoms. The van der Waals surface area contributed by atoms with Crippen molar-refractivity contribution in [2.75, 3.05) is 19.0 Å². The Labute approximate surface area is 84.6 Å². The van der Waals surface area contributed by atoms with Gasteiger partial charge in [-0.1, -0.05) is 13.5 Å². The molecular weight excluding hydrogens is 186 g/mol. The Morgan fingerprint density at radius 2 is 2.46 bits per heavy atom. The van der Waals surface area contributed by atoms with Gasteiger partial charge in [0, 0.05) is 24.9 Å². The van der Waals surface area contributed by atoms with Crippen LogP contribution in [0.15, 0.2) is 12.2 Å². The fraction of sp³-hybridized carbons (Fsp3) is 0.700. The molecule has 0 aromatic carbocycles. The van der Waals surface area contributed by atoms with Gasteiger partial charge in [-0.2, -0.15) is 0 Å². The van der Waals surface area contributed by atoms with E-state index in [0.717, 1.165) is 25.0 Å². The van der Waals surface area contributed by atoms with Gasteiger partial charge in [0.2, 0.25) is 5.91 Å². The molecule has 1 amide bonds. The second kappa shape index (κ2) is 4.66.